The first-order chi connectivity index (χ1) is 11.2. The molecular weight excluding hydrogens is 291 g/mol. The number of piperidine rings is 1. The molecule has 0 radical (unpaired) electrons. The summed E-state index contributed by atoms with van der Waals surface area (Å²) in [5.74, 6) is 0.805. The van der Waals surface area contributed by atoms with E-state index in [1.54, 1.807) is 6.20 Å². The molecule has 2 N–H and O–H groups in total. The van der Waals surface area contributed by atoms with Crippen LogP contribution in [-0.2, 0) is 0 Å². The Kier molecular flexibility index (Phi) is 3.58. The summed E-state index contributed by atoms with van der Waals surface area (Å²) in [4.78, 5) is 11.7. The first kappa shape index (κ1) is 14.3. The van der Waals surface area contributed by atoms with E-state index in [0.717, 1.165) is 18.7 Å². The van der Waals surface area contributed by atoms with Crippen LogP contribution in [0.5, 0.6) is 0 Å². The van der Waals surface area contributed by atoms with Crippen molar-refractivity contribution in [2.75, 3.05) is 0 Å². The fraction of sp³-hybridized carbons (Fsp3) is 0.333. The molecule has 0 spiro atoms. The molecule has 3 heterocycles. The van der Waals surface area contributed by atoms with Crippen molar-refractivity contribution in [2.45, 2.75) is 37.8 Å². The molecule has 1 aromatic rings. The largest absolute Gasteiger partial charge is 0.339 e. The van der Waals surface area contributed by atoms with Gasteiger partial charge in [0.15, 0.2) is 5.82 Å². The van der Waals surface area contributed by atoms with Gasteiger partial charge in [0, 0.05) is 18.0 Å². The van der Waals surface area contributed by atoms with E-state index in [4.69, 9.17) is 0 Å². The zero-order valence-electron chi connectivity index (χ0n) is 13.0. The molecule has 3 atom stereocenters. The molecule has 118 valence electrons. The highest BCUT2D eigenvalue weighted by Crippen LogP contribution is 2.36. The summed E-state index contributed by atoms with van der Waals surface area (Å²) in [7, 11) is 0. The number of hydrogen-bond acceptors (Lipinski definition) is 3. The molecule has 0 amide bonds. The van der Waals surface area contributed by atoms with Crippen molar-refractivity contribution in [3.8, 4) is 11.4 Å². The molecule has 3 unspecified atom stereocenters. The summed E-state index contributed by atoms with van der Waals surface area (Å²) < 4.78 is 13.8. The topological polar surface area (TPSA) is 53.6 Å². The van der Waals surface area contributed by atoms with Crippen molar-refractivity contribution in [2.24, 2.45) is 0 Å². The number of halogens is 1. The van der Waals surface area contributed by atoms with Crippen molar-refractivity contribution in [3.63, 3.8) is 0 Å². The van der Waals surface area contributed by atoms with Gasteiger partial charge in [-0.2, -0.15) is 0 Å². The monoisotopic (exact) mass is 310 g/mol. The Hall–Kier alpha value is -2.27. The van der Waals surface area contributed by atoms with E-state index in [1.165, 1.54) is 11.8 Å². The van der Waals surface area contributed by atoms with E-state index in [2.05, 4.69) is 51.5 Å². The van der Waals surface area contributed by atoms with E-state index in [9.17, 15) is 4.39 Å². The summed E-state index contributed by atoms with van der Waals surface area (Å²) in [6, 6.07) is 11.1. The van der Waals surface area contributed by atoms with Crippen LogP contribution < -0.4 is 5.32 Å². The molecule has 3 aliphatic heterocycles. The van der Waals surface area contributed by atoms with Gasteiger partial charge in [-0.3, -0.25) is 0 Å². The van der Waals surface area contributed by atoms with Crippen molar-refractivity contribution in [1.29, 1.82) is 0 Å². The quantitative estimate of drug-likeness (QED) is 0.760. The highest BCUT2D eigenvalue weighted by molar-refractivity contribution is 5.55. The Morgan fingerprint density at radius 1 is 1.09 bits per heavy atom. The van der Waals surface area contributed by atoms with Gasteiger partial charge < -0.3 is 10.3 Å². The van der Waals surface area contributed by atoms with Gasteiger partial charge in [0.25, 0.3) is 0 Å². The van der Waals surface area contributed by atoms with Crippen LogP contribution in [0.1, 0.15) is 43.1 Å². The molecule has 1 aromatic carbocycles. The number of benzene rings is 1. The normalized spacial score (nSPS) is 24.9. The minimum atomic E-state index is -0.315. The van der Waals surface area contributed by atoms with Gasteiger partial charge in [-0.05, 0) is 25.3 Å². The summed E-state index contributed by atoms with van der Waals surface area (Å²) in [5, 5.41) is 3.65. The van der Waals surface area contributed by atoms with Crippen LogP contribution in [0.3, 0.4) is 0 Å². The van der Waals surface area contributed by atoms with Gasteiger partial charge >= 0.3 is 0 Å². The Labute approximate surface area is 134 Å². The number of nitrogens with zero attached hydrogens (tertiary/aromatic N) is 2. The maximum atomic E-state index is 13.8. The maximum absolute atomic E-state index is 13.8. The van der Waals surface area contributed by atoms with Gasteiger partial charge in [0.2, 0.25) is 0 Å². The highest BCUT2D eigenvalue weighted by atomic mass is 19.1. The van der Waals surface area contributed by atoms with E-state index < -0.39 is 0 Å². The molecule has 0 aliphatic carbocycles. The molecule has 1 saturated heterocycles. The van der Waals surface area contributed by atoms with Crippen LogP contribution in [0.15, 0.2) is 42.7 Å². The molecule has 0 saturated carbocycles. The fourth-order valence-corrected chi connectivity index (χ4v) is 3.53. The van der Waals surface area contributed by atoms with Crippen molar-refractivity contribution in [3.05, 3.63) is 59.9 Å². The zero-order chi connectivity index (χ0) is 15.8. The number of aromatic nitrogens is 3. The first-order valence-corrected chi connectivity index (χ1v) is 8.01. The van der Waals surface area contributed by atoms with Crippen molar-refractivity contribution >= 4 is 0 Å². The van der Waals surface area contributed by atoms with Crippen LogP contribution in [0.4, 0.5) is 4.39 Å². The average molecular weight is 310 g/mol. The lowest BCUT2D eigenvalue weighted by molar-refractivity contribution is 0.299. The van der Waals surface area contributed by atoms with Crippen molar-refractivity contribution < 1.29 is 4.39 Å². The number of hydrogen-bond donors (Lipinski definition) is 2. The van der Waals surface area contributed by atoms with Crippen LogP contribution in [0.25, 0.3) is 11.4 Å². The van der Waals surface area contributed by atoms with Crippen molar-refractivity contribution in [1.82, 2.24) is 20.3 Å². The molecule has 1 fully saturated rings. The molecule has 5 heteroatoms. The third-order valence-corrected chi connectivity index (χ3v) is 4.62. The van der Waals surface area contributed by atoms with Gasteiger partial charge in [0.1, 0.15) is 17.2 Å². The summed E-state index contributed by atoms with van der Waals surface area (Å²) in [5.41, 5.74) is 2.32. The lowest BCUT2D eigenvalue weighted by atomic mass is 9.85. The number of nitrogens with one attached hydrogen (secondary N) is 2. The minimum Gasteiger partial charge on any atom is -0.339 e. The lowest BCUT2D eigenvalue weighted by Gasteiger charge is -2.34. The second-order valence-corrected chi connectivity index (χ2v) is 6.33. The van der Waals surface area contributed by atoms with Crippen LogP contribution >= 0.6 is 0 Å². The standard InChI is InChI=1S/C18H19FN4/c1-11-7-13(8-15(22-11)12-5-3-2-4-6-12)18-21-10-16-17(23-18)14(19)9-20-16/h2-6,9-11,13,15,22H,7-8H2,1H3,(H,21,23). The fourth-order valence-electron chi connectivity index (χ4n) is 3.53. The Morgan fingerprint density at radius 2 is 1.91 bits per heavy atom. The maximum Gasteiger partial charge on any atom is 0.167 e. The summed E-state index contributed by atoms with van der Waals surface area (Å²) >= 11 is 0. The highest BCUT2D eigenvalue weighted by Gasteiger charge is 2.29. The molecule has 4 rings (SSSR count). The smallest absolute Gasteiger partial charge is 0.167 e. The van der Waals surface area contributed by atoms with Gasteiger partial charge in [0.05, 0.1) is 12.4 Å². The third-order valence-electron chi connectivity index (χ3n) is 4.62. The summed E-state index contributed by atoms with van der Waals surface area (Å²) in [6.45, 7) is 2.19. The Morgan fingerprint density at radius 3 is 2.74 bits per heavy atom. The minimum absolute atomic E-state index is 0.273. The molecule has 0 bridgehead atoms. The number of rotatable bonds is 2. The van der Waals surface area contributed by atoms with Gasteiger partial charge in [-0.1, -0.05) is 30.3 Å². The molecular formula is C18H19FN4. The van der Waals surface area contributed by atoms with E-state index in [0.29, 0.717) is 23.5 Å². The predicted octanol–water partition coefficient (Wildman–Crippen LogP) is 3.65. The SMILES string of the molecule is CC1CC(c2ncc3ncc(F)c-3[nH]2)CC(c2ccccc2)N1. The molecule has 4 nitrogen and oxygen atoms in total. The zero-order valence-corrected chi connectivity index (χ0v) is 13.0. The van der Waals surface area contributed by atoms with Gasteiger partial charge in [-0.15, -0.1) is 0 Å². The van der Waals surface area contributed by atoms with Crippen LogP contribution in [0, 0.1) is 5.82 Å². The third kappa shape index (κ3) is 2.72. The van der Waals surface area contributed by atoms with Crippen LogP contribution in [0.2, 0.25) is 0 Å². The first-order valence-electron chi connectivity index (χ1n) is 8.01. The van der Waals surface area contributed by atoms with Gasteiger partial charge in [-0.25, -0.2) is 14.4 Å². The predicted molar refractivity (Wildman–Crippen MR) is 86.7 cm³/mol. The number of aromatic amines is 1. The Bertz CT molecular complexity index is 770. The Balaban J connectivity index is 1.64. The summed E-state index contributed by atoms with van der Waals surface area (Å²) in [6.07, 6.45) is 4.83. The second kappa shape index (κ2) is 5.74. The lowest BCUT2D eigenvalue weighted by Crippen LogP contribution is -2.38. The number of H-pyrrole nitrogens is 1. The molecule has 23 heavy (non-hydrogen) atoms. The average Bonchev–Trinajstić information content (AvgIpc) is 2.96. The van der Waals surface area contributed by atoms with E-state index >= 15 is 0 Å². The molecule has 3 aliphatic rings. The molecule has 0 aromatic heterocycles. The van der Waals surface area contributed by atoms with Crippen LogP contribution in [-0.4, -0.2) is 21.0 Å². The second-order valence-electron chi connectivity index (χ2n) is 6.33. The van der Waals surface area contributed by atoms with E-state index in [-0.39, 0.29) is 11.7 Å². The number of fused-ring (bicyclic) bond motifs is 1. The van der Waals surface area contributed by atoms with E-state index in [1.807, 2.05) is 6.07 Å².